The van der Waals surface area contributed by atoms with Crippen molar-refractivity contribution in [3.8, 4) is 0 Å². The van der Waals surface area contributed by atoms with Crippen molar-refractivity contribution in [2.45, 2.75) is 27.3 Å². The van der Waals surface area contributed by atoms with E-state index in [9.17, 15) is 14.4 Å². The van der Waals surface area contributed by atoms with Gasteiger partial charge in [-0.25, -0.2) is 4.79 Å². The number of rotatable bonds is 5. The van der Waals surface area contributed by atoms with Crippen LogP contribution in [0.4, 0.5) is 5.00 Å². The van der Waals surface area contributed by atoms with Crippen LogP contribution in [0.1, 0.15) is 43.6 Å². The fourth-order valence-corrected chi connectivity index (χ4v) is 3.29. The summed E-state index contributed by atoms with van der Waals surface area (Å²) in [6, 6.07) is 6.30. The molecule has 0 unspecified atom stereocenters. The van der Waals surface area contributed by atoms with Crippen LogP contribution in [0.3, 0.4) is 0 Å². The van der Waals surface area contributed by atoms with E-state index in [1.54, 1.807) is 12.1 Å². The predicted molar refractivity (Wildman–Crippen MR) is 92.7 cm³/mol. The average Bonchev–Trinajstić information content (AvgIpc) is 2.79. The van der Waals surface area contributed by atoms with Crippen molar-refractivity contribution < 1.29 is 19.5 Å². The Hall–Kier alpha value is -2.67. The summed E-state index contributed by atoms with van der Waals surface area (Å²) in [4.78, 5) is 35.6. The van der Waals surface area contributed by atoms with Crippen LogP contribution in [-0.2, 0) is 11.3 Å². The third-order valence-corrected chi connectivity index (χ3v) is 4.68. The number of amides is 2. The van der Waals surface area contributed by atoms with Gasteiger partial charge in [-0.1, -0.05) is 12.1 Å². The topological polar surface area (TPSA) is 95.5 Å². The summed E-state index contributed by atoms with van der Waals surface area (Å²) in [6.45, 7) is 5.41. The van der Waals surface area contributed by atoms with Gasteiger partial charge < -0.3 is 15.7 Å². The zero-order valence-corrected chi connectivity index (χ0v) is 14.4. The van der Waals surface area contributed by atoms with Gasteiger partial charge in [0.2, 0.25) is 5.91 Å². The molecule has 0 spiro atoms. The zero-order chi connectivity index (χ0) is 17.9. The Labute approximate surface area is 143 Å². The summed E-state index contributed by atoms with van der Waals surface area (Å²) < 4.78 is 0. The third kappa shape index (κ3) is 3.99. The lowest BCUT2D eigenvalue weighted by molar-refractivity contribution is -0.114. The van der Waals surface area contributed by atoms with Gasteiger partial charge in [0, 0.05) is 18.3 Å². The highest BCUT2D eigenvalue weighted by atomic mass is 32.1. The van der Waals surface area contributed by atoms with Crippen molar-refractivity contribution in [3.63, 3.8) is 0 Å². The predicted octanol–water partition coefficient (Wildman–Crippen LogP) is 2.95. The van der Waals surface area contributed by atoms with Crippen LogP contribution in [0.15, 0.2) is 24.3 Å². The minimum Gasteiger partial charge on any atom is -0.478 e. The number of hydrogen-bond donors (Lipinski definition) is 3. The van der Waals surface area contributed by atoms with Gasteiger partial charge in [-0.3, -0.25) is 9.59 Å². The van der Waals surface area contributed by atoms with Crippen LogP contribution in [0.5, 0.6) is 0 Å². The molecule has 0 bridgehead atoms. The summed E-state index contributed by atoms with van der Waals surface area (Å²) in [5, 5.41) is 14.9. The molecule has 0 saturated carbocycles. The first-order valence-corrected chi connectivity index (χ1v) is 8.09. The van der Waals surface area contributed by atoms with E-state index in [0.29, 0.717) is 10.6 Å². The molecule has 0 atom stereocenters. The number of aryl methyl sites for hydroxylation is 1. The van der Waals surface area contributed by atoms with Gasteiger partial charge in [-0.2, -0.15) is 0 Å². The van der Waals surface area contributed by atoms with Crippen molar-refractivity contribution in [1.29, 1.82) is 0 Å². The van der Waals surface area contributed by atoms with Gasteiger partial charge in [-0.05, 0) is 37.1 Å². The Balaban J connectivity index is 2.12. The molecule has 2 amide bonds. The average molecular weight is 346 g/mol. The molecular weight excluding hydrogens is 328 g/mol. The van der Waals surface area contributed by atoms with Crippen LogP contribution in [-0.4, -0.2) is 22.9 Å². The van der Waals surface area contributed by atoms with Crippen molar-refractivity contribution >= 4 is 34.1 Å². The zero-order valence-electron chi connectivity index (χ0n) is 13.6. The standard InChI is InChI=1S/C17H18N2O4S/c1-9-10(2)24-16(19-11(3)20)14(9)15(21)18-8-12-4-6-13(7-5-12)17(22)23/h4-7H,8H2,1-3H3,(H,18,21)(H,19,20)(H,22,23). The number of carboxylic acid groups (broad SMARTS) is 1. The van der Waals surface area contributed by atoms with E-state index in [1.165, 1.54) is 30.4 Å². The lowest BCUT2D eigenvalue weighted by Crippen LogP contribution is -2.24. The quantitative estimate of drug-likeness (QED) is 0.775. The minimum absolute atomic E-state index is 0.197. The molecule has 3 N–H and O–H groups in total. The molecule has 126 valence electrons. The number of nitrogens with one attached hydrogen (secondary N) is 2. The van der Waals surface area contributed by atoms with E-state index in [0.717, 1.165) is 16.0 Å². The number of carboxylic acids is 1. The lowest BCUT2D eigenvalue weighted by atomic mass is 10.1. The smallest absolute Gasteiger partial charge is 0.335 e. The molecule has 0 aliphatic carbocycles. The normalized spacial score (nSPS) is 10.3. The molecule has 7 heteroatoms. The maximum absolute atomic E-state index is 12.5. The Kier molecular flexibility index (Phi) is 5.35. The highest BCUT2D eigenvalue weighted by Gasteiger charge is 2.20. The maximum Gasteiger partial charge on any atom is 0.335 e. The van der Waals surface area contributed by atoms with Crippen molar-refractivity contribution in [2.24, 2.45) is 0 Å². The third-order valence-electron chi connectivity index (χ3n) is 3.56. The summed E-state index contributed by atoms with van der Waals surface area (Å²) in [5.41, 5.74) is 2.29. The molecular formula is C17H18N2O4S. The molecule has 2 aromatic rings. The van der Waals surface area contributed by atoms with E-state index >= 15 is 0 Å². The van der Waals surface area contributed by atoms with Crippen LogP contribution < -0.4 is 10.6 Å². The Bertz CT molecular complexity index is 794. The van der Waals surface area contributed by atoms with Crippen LogP contribution in [0, 0.1) is 13.8 Å². The molecule has 0 saturated heterocycles. The van der Waals surface area contributed by atoms with Crippen molar-refractivity contribution in [3.05, 3.63) is 51.4 Å². The fourth-order valence-electron chi connectivity index (χ4n) is 2.18. The molecule has 24 heavy (non-hydrogen) atoms. The van der Waals surface area contributed by atoms with E-state index in [-0.39, 0.29) is 23.9 Å². The number of aromatic carboxylic acids is 1. The summed E-state index contributed by atoms with van der Waals surface area (Å²) in [5.74, 6) is -1.49. The van der Waals surface area contributed by atoms with Gasteiger partial charge in [0.15, 0.2) is 0 Å². The summed E-state index contributed by atoms with van der Waals surface area (Å²) in [6.07, 6.45) is 0. The van der Waals surface area contributed by atoms with E-state index in [1.807, 2.05) is 13.8 Å². The number of thiophene rings is 1. The molecule has 1 aromatic heterocycles. The van der Waals surface area contributed by atoms with Crippen LogP contribution in [0.25, 0.3) is 0 Å². The van der Waals surface area contributed by atoms with Gasteiger partial charge in [0.25, 0.3) is 5.91 Å². The molecule has 0 aliphatic heterocycles. The van der Waals surface area contributed by atoms with Gasteiger partial charge in [-0.15, -0.1) is 11.3 Å². The largest absolute Gasteiger partial charge is 0.478 e. The first kappa shape index (κ1) is 17.7. The second-order valence-electron chi connectivity index (χ2n) is 5.35. The SMILES string of the molecule is CC(=O)Nc1sc(C)c(C)c1C(=O)NCc1ccc(C(=O)O)cc1. The first-order chi connectivity index (χ1) is 11.3. The van der Waals surface area contributed by atoms with Crippen molar-refractivity contribution in [1.82, 2.24) is 5.32 Å². The summed E-state index contributed by atoms with van der Waals surface area (Å²) >= 11 is 1.37. The van der Waals surface area contributed by atoms with E-state index < -0.39 is 5.97 Å². The van der Waals surface area contributed by atoms with E-state index in [2.05, 4.69) is 10.6 Å². The van der Waals surface area contributed by atoms with Crippen molar-refractivity contribution in [2.75, 3.05) is 5.32 Å². The van der Waals surface area contributed by atoms with Gasteiger partial charge in [0.05, 0.1) is 11.1 Å². The number of anilines is 1. The number of carbonyl (C=O) groups excluding carboxylic acids is 2. The minimum atomic E-state index is -0.991. The number of benzene rings is 1. The Morgan fingerprint density at radius 2 is 1.75 bits per heavy atom. The molecule has 1 heterocycles. The van der Waals surface area contributed by atoms with Crippen LogP contribution in [0.2, 0.25) is 0 Å². The molecule has 1 aromatic carbocycles. The van der Waals surface area contributed by atoms with Gasteiger partial charge in [0.1, 0.15) is 5.00 Å². The highest BCUT2D eigenvalue weighted by Crippen LogP contribution is 2.32. The Morgan fingerprint density at radius 3 is 2.29 bits per heavy atom. The number of hydrogen-bond acceptors (Lipinski definition) is 4. The van der Waals surface area contributed by atoms with Crippen LogP contribution >= 0.6 is 11.3 Å². The molecule has 2 rings (SSSR count). The fraction of sp³-hybridized carbons (Fsp3) is 0.235. The highest BCUT2D eigenvalue weighted by molar-refractivity contribution is 7.16. The lowest BCUT2D eigenvalue weighted by Gasteiger charge is -2.08. The molecule has 6 nitrogen and oxygen atoms in total. The Morgan fingerprint density at radius 1 is 1.12 bits per heavy atom. The molecule has 0 aliphatic rings. The second kappa shape index (κ2) is 7.27. The number of carbonyl (C=O) groups is 3. The summed E-state index contributed by atoms with van der Waals surface area (Å²) in [7, 11) is 0. The molecule has 0 radical (unpaired) electrons. The first-order valence-electron chi connectivity index (χ1n) is 7.27. The monoisotopic (exact) mass is 346 g/mol. The van der Waals surface area contributed by atoms with E-state index in [4.69, 9.17) is 5.11 Å². The second-order valence-corrected chi connectivity index (χ2v) is 6.58. The van der Waals surface area contributed by atoms with Gasteiger partial charge >= 0.3 is 5.97 Å². The maximum atomic E-state index is 12.5. The molecule has 0 fully saturated rings.